The first-order chi connectivity index (χ1) is 11.8. The second-order valence-electron chi connectivity index (χ2n) is 7.83. The molecule has 2 nitrogen and oxygen atoms in total. The van der Waals surface area contributed by atoms with Gasteiger partial charge in [0.05, 0.1) is 5.56 Å². The lowest BCUT2D eigenvalue weighted by Gasteiger charge is -2.35. The van der Waals surface area contributed by atoms with Crippen molar-refractivity contribution in [2.45, 2.75) is 52.9 Å². The van der Waals surface area contributed by atoms with Gasteiger partial charge in [-0.25, -0.2) is 4.79 Å². The van der Waals surface area contributed by atoms with Gasteiger partial charge in [-0.1, -0.05) is 43.2 Å². The van der Waals surface area contributed by atoms with E-state index in [0.29, 0.717) is 11.3 Å². The Labute approximate surface area is 150 Å². The summed E-state index contributed by atoms with van der Waals surface area (Å²) >= 11 is 0. The summed E-state index contributed by atoms with van der Waals surface area (Å²) in [7, 11) is 0. The number of hydrogen-bond donors (Lipinski definition) is 0. The first-order valence-electron chi connectivity index (χ1n) is 8.88. The summed E-state index contributed by atoms with van der Waals surface area (Å²) in [5, 5.41) is 0. The predicted octanol–water partition coefficient (Wildman–Crippen LogP) is 6.08. The summed E-state index contributed by atoms with van der Waals surface area (Å²) in [6.07, 6.45) is 2.19. The molecule has 130 valence electrons. The number of fused-ring (bicyclic) bond motifs is 1. The summed E-state index contributed by atoms with van der Waals surface area (Å²) in [6.45, 7) is 10.9. The van der Waals surface area contributed by atoms with Crippen LogP contribution >= 0.6 is 0 Å². The maximum Gasteiger partial charge on any atom is 0.343 e. The summed E-state index contributed by atoms with van der Waals surface area (Å²) in [6, 6.07) is 13.6. The van der Waals surface area contributed by atoms with E-state index in [4.69, 9.17) is 4.74 Å². The van der Waals surface area contributed by atoms with E-state index in [1.807, 2.05) is 43.3 Å². The van der Waals surface area contributed by atoms with Crippen LogP contribution in [0.2, 0.25) is 0 Å². The highest BCUT2D eigenvalue weighted by Gasteiger charge is 2.30. The van der Waals surface area contributed by atoms with Gasteiger partial charge in [0.15, 0.2) is 0 Å². The normalized spacial score (nSPS) is 15.5. The Hall–Kier alpha value is -2.35. The Bertz CT molecular complexity index is 835. The SMILES string of the molecule is CC(C)=C1CCC(C)(C)c2ccc(C(=O)Oc3ccc(C)cc3)cc21. The molecule has 0 spiro atoms. The highest BCUT2D eigenvalue weighted by Crippen LogP contribution is 2.43. The fourth-order valence-electron chi connectivity index (χ4n) is 3.51. The molecule has 0 bridgehead atoms. The van der Waals surface area contributed by atoms with Crippen LogP contribution in [0.4, 0.5) is 0 Å². The lowest BCUT2D eigenvalue weighted by Crippen LogP contribution is -2.24. The largest absolute Gasteiger partial charge is 0.423 e. The minimum Gasteiger partial charge on any atom is -0.423 e. The van der Waals surface area contributed by atoms with E-state index >= 15 is 0 Å². The van der Waals surface area contributed by atoms with Gasteiger partial charge in [-0.05, 0) is 80.0 Å². The molecule has 0 radical (unpaired) electrons. The van der Waals surface area contributed by atoms with Gasteiger partial charge in [0.25, 0.3) is 0 Å². The third-order valence-corrected chi connectivity index (χ3v) is 5.14. The molecule has 0 unspecified atom stereocenters. The molecule has 2 aromatic carbocycles. The number of carbonyl (C=O) groups is 1. The number of rotatable bonds is 2. The third kappa shape index (κ3) is 3.53. The van der Waals surface area contributed by atoms with Crippen molar-refractivity contribution in [2.24, 2.45) is 0 Å². The molecular weight excluding hydrogens is 308 g/mol. The van der Waals surface area contributed by atoms with E-state index < -0.39 is 0 Å². The van der Waals surface area contributed by atoms with Gasteiger partial charge in [-0.2, -0.15) is 0 Å². The highest BCUT2D eigenvalue weighted by atomic mass is 16.5. The van der Waals surface area contributed by atoms with E-state index in [1.165, 1.54) is 22.3 Å². The third-order valence-electron chi connectivity index (χ3n) is 5.14. The molecule has 0 saturated heterocycles. The van der Waals surface area contributed by atoms with Crippen molar-refractivity contribution in [1.29, 1.82) is 0 Å². The summed E-state index contributed by atoms with van der Waals surface area (Å²) < 4.78 is 5.54. The number of hydrogen-bond acceptors (Lipinski definition) is 2. The second-order valence-corrected chi connectivity index (χ2v) is 7.83. The lowest BCUT2D eigenvalue weighted by molar-refractivity contribution is 0.0734. The molecule has 0 amide bonds. The van der Waals surface area contributed by atoms with Crippen LogP contribution in [-0.2, 0) is 5.41 Å². The predicted molar refractivity (Wildman–Crippen MR) is 103 cm³/mol. The average molecular weight is 334 g/mol. The van der Waals surface area contributed by atoms with Crippen LogP contribution in [-0.4, -0.2) is 5.97 Å². The molecule has 0 heterocycles. The number of ether oxygens (including phenoxy) is 1. The van der Waals surface area contributed by atoms with Gasteiger partial charge >= 0.3 is 5.97 Å². The Balaban J connectivity index is 1.96. The van der Waals surface area contributed by atoms with E-state index in [0.717, 1.165) is 18.4 Å². The molecule has 0 fully saturated rings. The molecule has 2 aromatic rings. The lowest BCUT2D eigenvalue weighted by atomic mass is 9.70. The first-order valence-corrected chi connectivity index (χ1v) is 8.88. The smallest absolute Gasteiger partial charge is 0.343 e. The monoisotopic (exact) mass is 334 g/mol. The quantitative estimate of drug-likeness (QED) is 0.491. The molecule has 1 aliphatic carbocycles. The number of esters is 1. The molecule has 0 aromatic heterocycles. The summed E-state index contributed by atoms with van der Waals surface area (Å²) in [5.41, 5.74) is 7.09. The number of benzene rings is 2. The Morgan fingerprint density at radius 3 is 2.36 bits per heavy atom. The molecule has 3 rings (SSSR count). The summed E-state index contributed by atoms with van der Waals surface area (Å²) in [4.78, 5) is 12.6. The van der Waals surface area contributed by atoms with Crippen LogP contribution in [0.5, 0.6) is 5.75 Å². The molecular formula is C23H26O2. The number of allylic oxidation sites excluding steroid dienone is 2. The van der Waals surface area contributed by atoms with Crippen molar-refractivity contribution >= 4 is 11.5 Å². The van der Waals surface area contributed by atoms with Crippen LogP contribution in [0.25, 0.3) is 5.57 Å². The van der Waals surface area contributed by atoms with Crippen LogP contribution in [0, 0.1) is 6.92 Å². The Morgan fingerprint density at radius 2 is 1.72 bits per heavy atom. The van der Waals surface area contributed by atoms with Gasteiger partial charge in [0.1, 0.15) is 5.75 Å². The van der Waals surface area contributed by atoms with E-state index in [2.05, 4.69) is 33.8 Å². The van der Waals surface area contributed by atoms with Gasteiger partial charge in [0, 0.05) is 0 Å². The Morgan fingerprint density at radius 1 is 1.04 bits per heavy atom. The summed E-state index contributed by atoms with van der Waals surface area (Å²) in [5.74, 6) is 0.277. The number of aryl methyl sites for hydroxylation is 1. The van der Waals surface area contributed by atoms with Crippen LogP contribution < -0.4 is 4.74 Å². The fourth-order valence-corrected chi connectivity index (χ4v) is 3.51. The van der Waals surface area contributed by atoms with Crippen LogP contribution in [0.3, 0.4) is 0 Å². The molecule has 1 aliphatic rings. The second kappa shape index (κ2) is 6.51. The zero-order valence-electron chi connectivity index (χ0n) is 15.8. The van der Waals surface area contributed by atoms with E-state index in [-0.39, 0.29) is 11.4 Å². The fraction of sp³-hybridized carbons (Fsp3) is 0.348. The molecule has 2 heteroatoms. The van der Waals surface area contributed by atoms with Gasteiger partial charge in [0.2, 0.25) is 0 Å². The average Bonchev–Trinajstić information content (AvgIpc) is 2.56. The first kappa shape index (κ1) is 17.5. The zero-order valence-corrected chi connectivity index (χ0v) is 15.8. The minimum atomic E-state index is -0.303. The maximum atomic E-state index is 12.6. The van der Waals surface area contributed by atoms with Crippen molar-refractivity contribution in [1.82, 2.24) is 0 Å². The zero-order chi connectivity index (χ0) is 18.2. The van der Waals surface area contributed by atoms with E-state index in [1.54, 1.807) is 0 Å². The highest BCUT2D eigenvalue weighted by molar-refractivity contribution is 5.93. The van der Waals surface area contributed by atoms with Crippen molar-refractivity contribution in [2.75, 3.05) is 0 Å². The van der Waals surface area contributed by atoms with Gasteiger partial charge in [-0.15, -0.1) is 0 Å². The molecule has 25 heavy (non-hydrogen) atoms. The van der Waals surface area contributed by atoms with Crippen LogP contribution in [0.15, 0.2) is 48.0 Å². The van der Waals surface area contributed by atoms with Crippen molar-refractivity contribution in [3.05, 3.63) is 70.3 Å². The molecule has 0 saturated carbocycles. The topological polar surface area (TPSA) is 26.3 Å². The van der Waals surface area contributed by atoms with Gasteiger partial charge < -0.3 is 4.74 Å². The van der Waals surface area contributed by atoms with Gasteiger partial charge in [-0.3, -0.25) is 0 Å². The van der Waals surface area contributed by atoms with E-state index in [9.17, 15) is 4.79 Å². The molecule has 0 N–H and O–H groups in total. The molecule has 0 aliphatic heterocycles. The number of carbonyl (C=O) groups excluding carboxylic acids is 1. The van der Waals surface area contributed by atoms with Crippen LogP contribution in [0.1, 0.15) is 67.6 Å². The van der Waals surface area contributed by atoms with Crippen molar-refractivity contribution < 1.29 is 9.53 Å². The van der Waals surface area contributed by atoms with Crippen molar-refractivity contribution in [3.8, 4) is 5.75 Å². The minimum absolute atomic E-state index is 0.133. The Kier molecular flexibility index (Phi) is 4.55. The standard InChI is InChI=1S/C23H26O2/c1-15(2)19-12-13-23(4,5)21-11-8-17(14-20(19)21)22(24)25-18-9-6-16(3)7-10-18/h6-11,14H,12-13H2,1-5H3. The molecule has 0 atom stereocenters. The van der Waals surface area contributed by atoms with Crippen molar-refractivity contribution in [3.63, 3.8) is 0 Å². The maximum absolute atomic E-state index is 12.6.